The molecule has 0 nitrogen and oxygen atoms in total. The zero-order valence-corrected chi connectivity index (χ0v) is 12.9. The van der Waals surface area contributed by atoms with Crippen LogP contribution >= 0.6 is 0 Å². The lowest BCUT2D eigenvalue weighted by atomic mass is 9.79. The molecule has 0 heteroatoms. The van der Waals surface area contributed by atoms with E-state index in [4.69, 9.17) is 0 Å². The van der Waals surface area contributed by atoms with Gasteiger partial charge in [0.25, 0.3) is 0 Å². The fraction of sp³-hybridized carbons (Fsp3) is 0.500. The molecule has 0 unspecified atom stereocenters. The van der Waals surface area contributed by atoms with E-state index in [9.17, 15) is 0 Å². The zero-order chi connectivity index (χ0) is 13.9. The smallest absolute Gasteiger partial charge is 0.0162 e. The van der Waals surface area contributed by atoms with Crippen LogP contribution in [0, 0.1) is 5.92 Å². The van der Waals surface area contributed by atoms with E-state index in [1.807, 2.05) is 0 Å². The molecule has 0 radical (unpaired) electrons. The fourth-order valence-electron chi connectivity index (χ4n) is 3.54. The summed E-state index contributed by atoms with van der Waals surface area (Å²) in [4.78, 5) is 0. The minimum atomic E-state index is 0.808. The summed E-state index contributed by atoms with van der Waals surface area (Å²) in [6.07, 6.45) is 12.6. The Balaban J connectivity index is 1.72. The molecular formula is C20H26. The van der Waals surface area contributed by atoms with Gasteiger partial charge in [-0.15, -0.1) is 0 Å². The summed E-state index contributed by atoms with van der Waals surface area (Å²) in [6.45, 7) is 4.62. The first-order chi connectivity index (χ1) is 9.72. The van der Waals surface area contributed by atoms with Gasteiger partial charge in [-0.2, -0.15) is 0 Å². The summed E-state index contributed by atoms with van der Waals surface area (Å²) >= 11 is 0. The number of hydrogen-bond acceptors (Lipinski definition) is 0. The topological polar surface area (TPSA) is 0 Å². The van der Waals surface area contributed by atoms with Gasteiger partial charge in [0.15, 0.2) is 0 Å². The minimum Gasteiger partial charge on any atom is -0.0730 e. The van der Waals surface area contributed by atoms with E-state index < -0.39 is 0 Å². The van der Waals surface area contributed by atoms with Gasteiger partial charge in [-0.25, -0.2) is 0 Å². The van der Waals surface area contributed by atoms with Crippen molar-refractivity contribution in [1.82, 2.24) is 0 Å². The largest absolute Gasteiger partial charge is 0.0730 e. The molecule has 106 valence electrons. The van der Waals surface area contributed by atoms with Crippen molar-refractivity contribution in [2.45, 2.75) is 58.3 Å². The maximum Gasteiger partial charge on any atom is -0.0162 e. The van der Waals surface area contributed by atoms with Crippen LogP contribution in [0.5, 0.6) is 0 Å². The van der Waals surface area contributed by atoms with Crippen LogP contribution in [-0.2, 0) is 0 Å². The van der Waals surface area contributed by atoms with Crippen molar-refractivity contribution < 1.29 is 0 Å². The Morgan fingerprint density at radius 2 is 1.55 bits per heavy atom. The molecule has 0 amide bonds. The molecule has 1 fully saturated rings. The average molecular weight is 266 g/mol. The number of hydrogen-bond donors (Lipinski definition) is 0. The second-order valence-electron chi connectivity index (χ2n) is 6.78. The van der Waals surface area contributed by atoms with Gasteiger partial charge in [-0.3, -0.25) is 0 Å². The Morgan fingerprint density at radius 3 is 2.15 bits per heavy atom. The third kappa shape index (κ3) is 3.06. The molecule has 20 heavy (non-hydrogen) atoms. The van der Waals surface area contributed by atoms with Gasteiger partial charge in [0.1, 0.15) is 0 Å². The highest BCUT2D eigenvalue weighted by Crippen LogP contribution is 2.36. The Morgan fingerprint density at radius 1 is 0.850 bits per heavy atom. The summed E-state index contributed by atoms with van der Waals surface area (Å²) in [6, 6.07) is 9.44. The van der Waals surface area contributed by atoms with Crippen molar-refractivity contribution in [2.24, 2.45) is 5.92 Å². The molecular weight excluding hydrogens is 240 g/mol. The monoisotopic (exact) mass is 266 g/mol. The van der Waals surface area contributed by atoms with Crippen LogP contribution in [0.4, 0.5) is 0 Å². The normalized spacial score (nSPS) is 26.9. The second-order valence-corrected chi connectivity index (χ2v) is 6.78. The number of rotatable bonds is 2. The maximum absolute atomic E-state index is 2.39. The van der Waals surface area contributed by atoms with E-state index in [1.165, 1.54) is 55.2 Å². The third-order valence-electron chi connectivity index (χ3n) is 5.13. The fourth-order valence-corrected chi connectivity index (χ4v) is 3.54. The van der Waals surface area contributed by atoms with E-state index in [2.05, 4.69) is 50.3 Å². The molecule has 1 aromatic rings. The highest BCUT2D eigenvalue weighted by Gasteiger charge is 2.19. The lowest BCUT2D eigenvalue weighted by molar-refractivity contribution is 0.348. The lowest BCUT2D eigenvalue weighted by Gasteiger charge is -2.26. The minimum absolute atomic E-state index is 0.808. The van der Waals surface area contributed by atoms with Gasteiger partial charge in [0, 0.05) is 0 Å². The van der Waals surface area contributed by atoms with Crippen LogP contribution in [0.1, 0.15) is 69.4 Å². The standard InChI is InChI=1S/C20H26/c1-15-3-7-17(8-4-15)19-11-13-20(14-12-19)18-9-5-16(2)6-10-18/h3,7,11-14,16,18H,4-6,8-10H2,1-2H3. The van der Waals surface area contributed by atoms with Crippen molar-refractivity contribution in [1.29, 1.82) is 0 Å². The molecule has 0 heterocycles. The van der Waals surface area contributed by atoms with Gasteiger partial charge in [-0.05, 0) is 61.1 Å². The molecule has 0 saturated heterocycles. The van der Waals surface area contributed by atoms with Crippen LogP contribution in [-0.4, -0.2) is 0 Å². The van der Waals surface area contributed by atoms with E-state index in [0.717, 1.165) is 11.8 Å². The predicted octanol–water partition coefficient (Wildman–Crippen LogP) is 6.10. The molecule has 1 saturated carbocycles. The van der Waals surface area contributed by atoms with E-state index in [1.54, 1.807) is 5.56 Å². The van der Waals surface area contributed by atoms with Crippen LogP contribution < -0.4 is 0 Å². The molecule has 0 aliphatic heterocycles. The summed E-state index contributed by atoms with van der Waals surface area (Å²) in [5.41, 5.74) is 5.98. The highest BCUT2D eigenvalue weighted by molar-refractivity contribution is 5.68. The van der Waals surface area contributed by atoms with Gasteiger partial charge in [0.05, 0.1) is 0 Å². The van der Waals surface area contributed by atoms with Gasteiger partial charge in [-0.1, -0.05) is 61.8 Å². The second kappa shape index (κ2) is 5.99. The predicted molar refractivity (Wildman–Crippen MR) is 87.8 cm³/mol. The van der Waals surface area contributed by atoms with Crippen molar-refractivity contribution in [3.63, 3.8) is 0 Å². The molecule has 0 aromatic heterocycles. The van der Waals surface area contributed by atoms with Crippen molar-refractivity contribution in [2.75, 3.05) is 0 Å². The number of benzene rings is 1. The van der Waals surface area contributed by atoms with Crippen molar-refractivity contribution in [3.05, 3.63) is 53.1 Å². The van der Waals surface area contributed by atoms with Crippen molar-refractivity contribution >= 4 is 5.57 Å². The Hall–Kier alpha value is -1.30. The summed E-state index contributed by atoms with van der Waals surface area (Å²) < 4.78 is 0. The third-order valence-corrected chi connectivity index (χ3v) is 5.13. The molecule has 2 aliphatic rings. The highest BCUT2D eigenvalue weighted by atomic mass is 14.2. The van der Waals surface area contributed by atoms with E-state index in [0.29, 0.717) is 0 Å². The molecule has 1 aromatic carbocycles. The summed E-state index contributed by atoms with van der Waals surface area (Å²) in [5, 5.41) is 0. The van der Waals surface area contributed by atoms with Crippen LogP contribution in [0.25, 0.3) is 5.57 Å². The van der Waals surface area contributed by atoms with Gasteiger partial charge in [0.2, 0.25) is 0 Å². The number of allylic oxidation sites excluding steroid dienone is 4. The van der Waals surface area contributed by atoms with E-state index >= 15 is 0 Å². The SMILES string of the molecule is CC1=CC=C(c2ccc(C3CCC(C)CC3)cc2)CC1. The quantitative estimate of drug-likeness (QED) is 0.606. The van der Waals surface area contributed by atoms with Gasteiger partial charge >= 0.3 is 0 Å². The maximum atomic E-state index is 2.39. The Kier molecular flexibility index (Phi) is 4.10. The van der Waals surface area contributed by atoms with Crippen molar-refractivity contribution in [3.8, 4) is 0 Å². The van der Waals surface area contributed by atoms with Crippen LogP contribution in [0.2, 0.25) is 0 Å². The molecule has 3 rings (SSSR count). The summed E-state index contributed by atoms with van der Waals surface area (Å²) in [7, 11) is 0. The summed E-state index contributed by atoms with van der Waals surface area (Å²) in [5.74, 6) is 1.75. The first-order valence-corrected chi connectivity index (χ1v) is 8.19. The molecule has 0 atom stereocenters. The van der Waals surface area contributed by atoms with E-state index in [-0.39, 0.29) is 0 Å². The first-order valence-electron chi connectivity index (χ1n) is 8.19. The molecule has 0 N–H and O–H groups in total. The zero-order valence-electron chi connectivity index (χ0n) is 12.9. The molecule has 0 spiro atoms. The first kappa shape index (κ1) is 13.7. The molecule has 2 aliphatic carbocycles. The Labute approximate surface area is 123 Å². The Bertz CT molecular complexity index is 507. The van der Waals surface area contributed by atoms with Crippen LogP contribution in [0.3, 0.4) is 0 Å². The van der Waals surface area contributed by atoms with Gasteiger partial charge < -0.3 is 0 Å². The van der Waals surface area contributed by atoms with Crippen LogP contribution in [0.15, 0.2) is 42.0 Å². The molecule has 0 bridgehead atoms. The lowest BCUT2D eigenvalue weighted by Crippen LogP contribution is -2.10. The average Bonchev–Trinajstić information content (AvgIpc) is 2.49.